The van der Waals surface area contributed by atoms with Crippen molar-refractivity contribution in [3.8, 4) is 0 Å². The number of hydrogen-bond acceptors (Lipinski definition) is 1. The van der Waals surface area contributed by atoms with Crippen LogP contribution in [0.3, 0.4) is 0 Å². The fraction of sp³-hybridized carbons (Fsp3) is 0.905. The van der Waals surface area contributed by atoms with E-state index < -0.39 is 0 Å². The Kier molecular flexibility index (Phi) is 2.84. The zero-order valence-corrected chi connectivity index (χ0v) is 15.5. The van der Waals surface area contributed by atoms with Crippen LogP contribution >= 0.6 is 0 Å². The third-order valence-corrected chi connectivity index (χ3v) is 9.19. The second-order valence-corrected chi connectivity index (χ2v) is 9.54. The summed E-state index contributed by atoms with van der Waals surface area (Å²) < 4.78 is 6.54. The van der Waals surface area contributed by atoms with E-state index in [0.717, 1.165) is 5.92 Å². The molecule has 1 heteroatoms. The van der Waals surface area contributed by atoms with Gasteiger partial charge in [-0.25, -0.2) is 0 Å². The molecule has 22 heavy (non-hydrogen) atoms. The van der Waals surface area contributed by atoms with Gasteiger partial charge in [0.15, 0.2) is 0 Å². The fourth-order valence-corrected chi connectivity index (χ4v) is 7.42. The van der Waals surface area contributed by atoms with E-state index in [1.165, 1.54) is 44.3 Å². The molecule has 0 aromatic rings. The monoisotopic (exact) mass is 302 g/mol. The lowest BCUT2D eigenvalue weighted by Crippen LogP contribution is -2.81. The first-order valence-electron chi connectivity index (χ1n) is 9.71. The highest BCUT2D eigenvalue weighted by Gasteiger charge is 2.84. The summed E-state index contributed by atoms with van der Waals surface area (Å²) in [6, 6.07) is 0. The van der Waals surface area contributed by atoms with Crippen LogP contribution in [-0.4, -0.2) is 5.60 Å². The molecule has 1 heterocycles. The number of hydrogen-bond donors (Lipinski definition) is 0. The standard InChI is InChI=1S/C21H34O/c1-7-16-9-8-10-20-13-17-19(20,6)21(22-17,15(4)14(2)3)12-11-18(16,20)5/h13-16H,7-12H2,1-6H3. The average Bonchev–Trinajstić information content (AvgIpc) is 2.48. The average molecular weight is 303 g/mol. The number of rotatable bonds is 3. The number of allylic oxidation sites excluding steroid dienone is 1. The first kappa shape index (κ1) is 15.1. The predicted molar refractivity (Wildman–Crippen MR) is 91.4 cm³/mol. The second kappa shape index (κ2) is 4.14. The van der Waals surface area contributed by atoms with Gasteiger partial charge in [-0.05, 0) is 61.9 Å². The minimum atomic E-state index is 0.125. The highest BCUT2D eigenvalue weighted by atomic mass is 16.5. The molecule has 0 aromatic heterocycles. The lowest BCUT2D eigenvalue weighted by molar-refractivity contribution is -0.360. The van der Waals surface area contributed by atoms with E-state index >= 15 is 0 Å². The summed E-state index contributed by atoms with van der Waals surface area (Å²) in [5.74, 6) is 3.61. The first-order valence-corrected chi connectivity index (χ1v) is 9.71. The van der Waals surface area contributed by atoms with Gasteiger partial charge in [0.05, 0.1) is 5.41 Å². The maximum absolute atomic E-state index is 6.54. The molecular formula is C21H34O. The Labute approximate surface area is 136 Å². The summed E-state index contributed by atoms with van der Waals surface area (Å²) in [7, 11) is 0. The van der Waals surface area contributed by atoms with Crippen LogP contribution in [0.2, 0.25) is 0 Å². The van der Waals surface area contributed by atoms with Crippen molar-refractivity contribution < 1.29 is 4.74 Å². The summed E-state index contributed by atoms with van der Waals surface area (Å²) in [6.07, 6.45) is 10.8. The molecule has 0 N–H and O–H groups in total. The number of ether oxygens (including phenoxy) is 1. The molecule has 1 saturated heterocycles. The molecule has 3 fully saturated rings. The zero-order valence-electron chi connectivity index (χ0n) is 15.5. The second-order valence-electron chi connectivity index (χ2n) is 9.54. The van der Waals surface area contributed by atoms with Crippen LogP contribution in [0.4, 0.5) is 0 Å². The van der Waals surface area contributed by atoms with Gasteiger partial charge in [-0.3, -0.25) is 0 Å². The van der Waals surface area contributed by atoms with Gasteiger partial charge in [0, 0.05) is 5.41 Å². The van der Waals surface area contributed by atoms with Crippen molar-refractivity contribution in [3.63, 3.8) is 0 Å². The third kappa shape index (κ3) is 1.21. The van der Waals surface area contributed by atoms with E-state index in [0.29, 0.717) is 28.1 Å². The zero-order chi connectivity index (χ0) is 16.0. The van der Waals surface area contributed by atoms with Crippen LogP contribution in [0.25, 0.3) is 0 Å². The van der Waals surface area contributed by atoms with Gasteiger partial charge < -0.3 is 4.74 Å². The molecule has 3 aliphatic carbocycles. The van der Waals surface area contributed by atoms with Crippen LogP contribution in [0.15, 0.2) is 11.8 Å². The van der Waals surface area contributed by atoms with Crippen LogP contribution < -0.4 is 0 Å². The summed E-state index contributed by atoms with van der Waals surface area (Å²) >= 11 is 0. The van der Waals surface area contributed by atoms with Crippen LogP contribution in [0, 0.1) is 34.0 Å². The van der Waals surface area contributed by atoms with Crippen LogP contribution in [0.5, 0.6) is 0 Å². The van der Waals surface area contributed by atoms with Gasteiger partial charge in [0.1, 0.15) is 11.4 Å². The van der Waals surface area contributed by atoms with Gasteiger partial charge in [0.2, 0.25) is 0 Å². The molecule has 4 aliphatic rings. The van der Waals surface area contributed by atoms with E-state index in [9.17, 15) is 0 Å². The van der Waals surface area contributed by atoms with E-state index in [1.807, 2.05) is 0 Å². The smallest absolute Gasteiger partial charge is 0.125 e. The van der Waals surface area contributed by atoms with Crippen LogP contribution in [-0.2, 0) is 4.74 Å². The molecule has 6 unspecified atom stereocenters. The summed E-state index contributed by atoms with van der Waals surface area (Å²) in [6.45, 7) is 14.8. The largest absolute Gasteiger partial charge is 0.490 e. The molecule has 0 aromatic carbocycles. The Balaban J connectivity index is 1.82. The molecular weight excluding hydrogens is 268 g/mol. The molecule has 1 nitrogen and oxygen atoms in total. The molecule has 4 rings (SSSR count). The molecule has 0 amide bonds. The Morgan fingerprint density at radius 2 is 1.91 bits per heavy atom. The molecule has 1 aliphatic heterocycles. The first-order chi connectivity index (χ1) is 10.3. The Hall–Kier alpha value is -0.460. The van der Waals surface area contributed by atoms with Crippen molar-refractivity contribution in [1.29, 1.82) is 0 Å². The summed E-state index contributed by atoms with van der Waals surface area (Å²) in [5.41, 5.74) is 1.38. The van der Waals surface area contributed by atoms with E-state index in [4.69, 9.17) is 4.74 Å². The van der Waals surface area contributed by atoms with Crippen LogP contribution in [0.1, 0.15) is 80.1 Å². The Morgan fingerprint density at radius 3 is 2.50 bits per heavy atom. The quantitative estimate of drug-likeness (QED) is 0.626. The summed E-state index contributed by atoms with van der Waals surface area (Å²) in [4.78, 5) is 0. The van der Waals surface area contributed by atoms with Crippen molar-refractivity contribution >= 4 is 0 Å². The fourth-order valence-electron chi connectivity index (χ4n) is 7.42. The van der Waals surface area contributed by atoms with E-state index in [2.05, 4.69) is 47.6 Å². The topological polar surface area (TPSA) is 9.23 Å². The van der Waals surface area contributed by atoms with Crippen molar-refractivity contribution in [3.05, 3.63) is 11.8 Å². The van der Waals surface area contributed by atoms with Gasteiger partial charge in [-0.1, -0.05) is 47.5 Å². The third-order valence-electron chi connectivity index (χ3n) is 9.19. The van der Waals surface area contributed by atoms with Gasteiger partial charge >= 0.3 is 0 Å². The summed E-state index contributed by atoms with van der Waals surface area (Å²) in [5, 5.41) is 0. The van der Waals surface area contributed by atoms with Gasteiger partial charge in [-0.15, -0.1) is 0 Å². The van der Waals surface area contributed by atoms with Crippen molar-refractivity contribution in [2.75, 3.05) is 0 Å². The highest BCUT2D eigenvalue weighted by molar-refractivity contribution is 5.48. The molecule has 2 saturated carbocycles. The Bertz CT molecular complexity index is 534. The van der Waals surface area contributed by atoms with Crippen molar-refractivity contribution in [2.45, 2.75) is 85.7 Å². The molecule has 0 radical (unpaired) electrons. The SMILES string of the molecule is CCC1CCCC23C=C4OC(C(C)C(C)C)(CCC12C)C43C. The maximum atomic E-state index is 6.54. The predicted octanol–water partition coefficient (Wildman–Crippen LogP) is 5.95. The minimum Gasteiger partial charge on any atom is -0.490 e. The van der Waals surface area contributed by atoms with Crippen molar-refractivity contribution in [1.82, 2.24) is 0 Å². The molecule has 124 valence electrons. The highest BCUT2D eigenvalue weighted by Crippen LogP contribution is 2.84. The minimum absolute atomic E-state index is 0.125. The van der Waals surface area contributed by atoms with E-state index in [-0.39, 0.29) is 5.60 Å². The molecule has 0 bridgehead atoms. The van der Waals surface area contributed by atoms with E-state index in [1.54, 1.807) is 0 Å². The normalized spacial score (nSPS) is 53.4. The Morgan fingerprint density at radius 1 is 1.18 bits per heavy atom. The molecule has 6 atom stereocenters. The van der Waals surface area contributed by atoms with Gasteiger partial charge in [-0.2, -0.15) is 0 Å². The van der Waals surface area contributed by atoms with Crippen molar-refractivity contribution in [2.24, 2.45) is 34.0 Å². The molecule has 1 spiro atoms. The van der Waals surface area contributed by atoms with Gasteiger partial charge in [0.25, 0.3) is 0 Å². The maximum Gasteiger partial charge on any atom is 0.125 e. The lowest BCUT2D eigenvalue weighted by Gasteiger charge is -2.82. The lowest BCUT2D eigenvalue weighted by atomic mass is 9.28.